The van der Waals surface area contributed by atoms with E-state index in [4.69, 9.17) is 4.74 Å². The van der Waals surface area contributed by atoms with Crippen LogP contribution in [0.3, 0.4) is 0 Å². The topological polar surface area (TPSA) is 50.3 Å². The highest BCUT2D eigenvalue weighted by Gasteiger charge is 2.21. The monoisotopic (exact) mass is 354 g/mol. The van der Waals surface area contributed by atoms with Crippen LogP contribution in [0, 0.1) is 6.92 Å². The van der Waals surface area contributed by atoms with E-state index in [1.165, 1.54) is 0 Å². The number of nitrogens with one attached hydrogen (secondary N) is 1. The first-order chi connectivity index (χ1) is 10.2. The summed E-state index contributed by atoms with van der Waals surface area (Å²) in [6, 6.07) is 0. The van der Waals surface area contributed by atoms with Crippen molar-refractivity contribution in [1.82, 2.24) is 9.97 Å². The van der Waals surface area contributed by atoms with Crippen LogP contribution in [-0.2, 0) is 4.74 Å². The van der Waals surface area contributed by atoms with Crippen LogP contribution >= 0.6 is 15.9 Å². The maximum atomic E-state index is 5.43. The van der Waals surface area contributed by atoms with Crippen LogP contribution in [0.15, 0.2) is 4.48 Å². The Bertz CT molecular complexity index is 519. The first-order valence-corrected chi connectivity index (χ1v) is 8.26. The molecule has 2 heterocycles. The molecule has 6 heteroatoms. The van der Waals surface area contributed by atoms with Crippen LogP contribution in [0.2, 0.25) is 0 Å². The van der Waals surface area contributed by atoms with Crippen LogP contribution < -0.4 is 10.2 Å². The van der Waals surface area contributed by atoms with Crippen molar-refractivity contribution in [3.05, 3.63) is 15.7 Å². The van der Waals surface area contributed by atoms with Gasteiger partial charge in [0.2, 0.25) is 5.95 Å². The molecule has 0 saturated carbocycles. The zero-order valence-electron chi connectivity index (χ0n) is 12.9. The molecule has 0 spiro atoms. The molecule has 2 rings (SSSR count). The predicted octanol–water partition coefficient (Wildman–Crippen LogP) is 3.20. The van der Waals surface area contributed by atoms with Crippen LogP contribution in [-0.4, -0.2) is 42.8 Å². The van der Waals surface area contributed by atoms with E-state index < -0.39 is 0 Å². The fourth-order valence-corrected chi connectivity index (χ4v) is 2.89. The highest BCUT2D eigenvalue weighted by Crippen LogP contribution is 2.31. The summed E-state index contributed by atoms with van der Waals surface area (Å²) < 4.78 is 6.59. The van der Waals surface area contributed by atoms with Crippen molar-refractivity contribution in [1.29, 1.82) is 0 Å². The van der Waals surface area contributed by atoms with Gasteiger partial charge < -0.3 is 15.0 Å². The summed E-state index contributed by atoms with van der Waals surface area (Å²) in [5.41, 5.74) is 2.11. The van der Waals surface area contributed by atoms with Crippen molar-refractivity contribution < 1.29 is 4.74 Å². The van der Waals surface area contributed by atoms with E-state index in [-0.39, 0.29) is 0 Å². The van der Waals surface area contributed by atoms with E-state index in [2.05, 4.69) is 49.1 Å². The van der Waals surface area contributed by atoms with Gasteiger partial charge in [0, 0.05) is 36.3 Å². The van der Waals surface area contributed by atoms with Crippen LogP contribution in [0.5, 0.6) is 0 Å². The van der Waals surface area contributed by atoms with Crippen molar-refractivity contribution in [2.24, 2.45) is 0 Å². The molecule has 116 valence electrons. The minimum absolute atomic E-state index is 0.704. The zero-order valence-corrected chi connectivity index (χ0v) is 14.5. The lowest BCUT2D eigenvalue weighted by molar-refractivity contribution is 0.146. The lowest BCUT2D eigenvalue weighted by Crippen LogP contribution is -2.31. The Balaban J connectivity index is 2.21. The summed E-state index contributed by atoms with van der Waals surface area (Å²) in [4.78, 5) is 11.5. The van der Waals surface area contributed by atoms with Gasteiger partial charge in [-0.15, -0.1) is 0 Å². The fraction of sp³-hybridized carbons (Fsp3) is 0.600. The summed E-state index contributed by atoms with van der Waals surface area (Å²) in [7, 11) is 0. The van der Waals surface area contributed by atoms with Crippen LogP contribution in [0.1, 0.15) is 31.5 Å². The molecule has 0 radical (unpaired) electrons. The highest BCUT2D eigenvalue weighted by atomic mass is 79.9. The molecule has 0 unspecified atom stereocenters. The summed E-state index contributed by atoms with van der Waals surface area (Å²) in [5.74, 6) is 1.72. The number of rotatable bonds is 7. The van der Waals surface area contributed by atoms with Gasteiger partial charge in [-0.25, -0.2) is 4.98 Å². The maximum absolute atomic E-state index is 5.43. The van der Waals surface area contributed by atoms with E-state index in [0.717, 1.165) is 60.8 Å². The fourth-order valence-electron chi connectivity index (χ4n) is 2.36. The number of aryl methyl sites for hydroxylation is 1. The number of hydrogen-bond donors (Lipinski definition) is 1. The van der Waals surface area contributed by atoms with Crippen molar-refractivity contribution in [2.75, 3.05) is 43.1 Å². The summed E-state index contributed by atoms with van der Waals surface area (Å²) in [6.07, 6.45) is 3.12. The molecule has 1 aliphatic rings. The van der Waals surface area contributed by atoms with Crippen LogP contribution in [0.25, 0.3) is 6.08 Å². The van der Waals surface area contributed by atoms with E-state index >= 15 is 0 Å². The lowest BCUT2D eigenvalue weighted by atomic mass is 10.1. The van der Waals surface area contributed by atoms with E-state index in [0.29, 0.717) is 5.95 Å². The van der Waals surface area contributed by atoms with Crippen molar-refractivity contribution in [3.8, 4) is 0 Å². The number of anilines is 2. The number of halogens is 1. The molecule has 1 aromatic heterocycles. The molecule has 0 aliphatic carbocycles. The second-order valence-electron chi connectivity index (χ2n) is 4.96. The average Bonchev–Trinajstić information content (AvgIpc) is 2.45. The molecule has 0 bridgehead atoms. The first-order valence-electron chi connectivity index (χ1n) is 7.47. The van der Waals surface area contributed by atoms with E-state index in [9.17, 15) is 0 Å². The molecule has 0 aromatic carbocycles. The Morgan fingerprint density at radius 2 is 2.19 bits per heavy atom. The van der Waals surface area contributed by atoms with Gasteiger partial charge in [-0.05, 0) is 33.3 Å². The van der Waals surface area contributed by atoms with Crippen molar-refractivity contribution in [3.63, 3.8) is 0 Å². The Kier molecular flexibility index (Phi) is 5.99. The molecule has 21 heavy (non-hydrogen) atoms. The third-order valence-electron chi connectivity index (χ3n) is 3.31. The normalized spacial score (nSPS) is 13.9. The summed E-state index contributed by atoms with van der Waals surface area (Å²) in [6.45, 7) is 10.3. The molecule has 1 aromatic rings. The molecular formula is C15H23BrN4O. The molecule has 0 atom stereocenters. The maximum Gasteiger partial charge on any atom is 0.224 e. The molecule has 5 nitrogen and oxygen atoms in total. The second kappa shape index (κ2) is 7.75. The number of hydrogen-bond acceptors (Lipinski definition) is 5. The Morgan fingerprint density at radius 3 is 2.90 bits per heavy atom. The smallest absolute Gasteiger partial charge is 0.224 e. The van der Waals surface area contributed by atoms with Gasteiger partial charge >= 0.3 is 0 Å². The van der Waals surface area contributed by atoms with Crippen LogP contribution in [0.4, 0.5) is 11.8 Å². The zero-order chi connectivity index (χ0) is 15.2. The molecule has 0 saturated heterocycles. The van der Waals surface area contributed by atoms with Gasteiger partial charge in [0.25, 0.3) is 0 Å². The van der Waals surface area contributed by atoms with Gasteiger partial charge in [0.15, 0.2) is 0 Å². The van der Waals surface area contributed by atoms with E-state index in [1.807, 2.05) is 13.8 Å². The number of ether oxygens (including phenoxy) is 1. The third kappa shape index (κ3) is 4.17. The van der Waals surface area contributed by atoms with Gasteiger partial charge in [0.05, 0.1) is 12.2 Å². The van der Waals surface area contributed by atoms with Crippen molar-refractivity contribution in [2.45, 2.75) is 27.2 Å². The highest BCUT2D eigenvalue weighted by molar-refractivity contribution is 9.11. The minimum Gasteiger partial charge on any atom is -0.382 e. The number of fused-ring (bicyclic) bond motifs is 1. The van der Waals surface area contributed by atoms with E-state index in [1.54, 1.807) is 0 Å². The number of nitrogens with zero attached hydrogens (tertiary/aromatic N) is 3. The van der Waals surface area contributed by atoms with Gasteiger partial charge in [-0.3, -0.25) is 0 Å². The molecule has 0 amide bonds. The average molecular weight is 355 g/mol. The standard InChI is InChI=1S/C15H23BrN4O/c1-4-17-15-18-11(3)13-9-12(16)10-20(14(13)19-15)7-6-8-21-5-2/h9H,4-8,10H2,1-3H3,(H,17,18,19). The molecule has 1 N–H and O–H groups in total. The molecule has 1 aliphatic heterocycles. The summed E-state index contributed by atoms with van der Waals surface area (Å²) >= 11 is 3.62. The van der Waals surface area contributed by atoms with Crippen molar-refractivity contribution >= 4 is 33.8 Å². The first kappa shape index (κ1) is 16.2. The second-order valence-corrected chi connectivity index (χ2v) is 5.98. The lowest BCUT2D eigenvalue weighted by Gasteiger charge is -2.29. The summed E-state index contributed by atoms with van der Waals surface area (Å²) in [5, 5.41) is 3.20. The molecule has 0 fully saturated rings. The van der Waals surface area contributed by atoms with Gasteiger partial charge in [-0.2, -0.15) is 4.98 Å². The Morgan fingerprint density at radius 1 is 1.38 bits per heavy atom. The molecular weight excluding hydrogens is 332 g/mol. The quantitative estimate of drug-likeness (QED) is 0.762. The van der Waals surface area contributed by atoms with Gasteiger partial charge in [0.1, 0.15) is 5.82 Å². The third-order valence-corrected chi connectivity index (χ3v) is 3.79. The predicted molar refractivity (Wildman–Crippen MR) is 91.2 cm³/mol. The number of aromatic nitrogens is 2. The minimum atomic E-state index is 0.704. The Hall–Kier alpha value is -1.14. The largest absolute Gasteiger partial charge is 0.382 e. The van der Waals surface area contributed by atoms with Gasteiger partial charge in [-0.1, -0.05) is 15.9 Å². The SMILES string of the molecule is CCNc1nc(C)c2c(n1)N(CCCOCC)CC(Br)=C2. The Labute approximate surface area is 134 Å².